The zero-order valence-corrected chi connectivity index (χ0v) is 11.3. The van der Waals surface area contributed by atoms with E-state index in [9.17, 15) is 8.42 Å². The molecule has 100 valence electrons. The fraction of sp³-hybridized carbons (Fsp3) is 0.889. The van der Waals surface area contributed by atoms with E-state index in [2.05, 4.69) is 0 Å². The minimum atomic E-state index is -3.54. The van der Waals surface area contributed by atoms with Crippen LogP contribution >= 0.6 is 12.2 Å². The Labute approximate surface area is 107 Å². The number of ether oxygens (including phenoxy) is 1. The third kappa shape index (κ3) is 3.35. The summed E-state index contributed by atoms with van der Waals surface area (Å²) >= 11 is 4.78. The summed E-state index contributed by atoms with van der Waals surface area (Å²) < 4.78 is 31.0. The van der Waals surface area contributed by atoms with Crippen molar-refractivity contribution in [3.8, 4) is 0 Å². The van der Waals surface area contributed by atoms with Crippen LogP contribution in [0.2, 0.25) is 0 Å². The number of hydrogen-bond acceptors (Lipinski definition) is 5. The standard InChI is InChI=1S/C9H18N2O4S2/c1-2-8(9(10)16)17(13,14)11-3-4-15-7(5-11)6-12/h7-8,12H,2-6H2,1H3,(H2,10,16). The van der Waals surface area contributed by atoms with E-state index in [1.165, 1.54) is 4.31 Å². The van der Waals surface area contributed by atoms with E-state index in [-0.39, 0.29) is 31.3 Å². The molecule has 17 heavy (non-hydrogen) atoms. The van der Waals surface area contributed by atoms with E-state index in [0.717, 1.165) is 0 Å². The number of hydrogen-bond donors (Lipinski definition) is 2. The molecule has 2 unspecified atom stereocenters. The largest absolute Gasteiger partial charge is 0.394 e. The second-order valence-corrected chi connectivity index (χ2v) is 6.46. The SMILES string of the molecule is CCC(C(N)=S)S(=O)(=O)N1CCOC(CO)C1. The lowest BCUT2D eigenvalue weighted by Gasteiger charge is -2.33. The van der Waals surface area contributed by atoms with E-state index in [1.807, 2.05) is 0 Å². The minimum absolute atomic E-state index is 0.0143. The van der Waals surface area contributed by atoms with Crippen LogP contribution in [0.25, 0.3) is 0 Å². The molecule has 1 fully saturated rings. The van der Waals surface area contributed by atoms with Gasteiger partial charge in [0.2, 0.25) is 10.0 Å². The van der Waals surface area contributed by atoms with Crippen LogP contribution in [-0.4, -0.2) is 60.5 Å². The summed E-state index contributed by atoms with van der Waals surface area (Å²) in [6, 6.07) is 0. The highest BCUT2D eigenvalue weighted by molar-refractivity contribution is 7.92. The Morgan fingerprint density at radius 1 is 1.71 bits per heavy atom. The predicted octanol–water partition coefficient (Wildman–Crippen LogP) is -0.926. The number of aliphatic hydroxyl groups excluding tert-OH is 1. The van der Waals surface area contributed by atoms with Gasteiger partial charge in [0.1, 0.15) is 5.25 Å². The molecule has 1 aliphatic heterocycles. The molecular formula is C9H18N2O4S2. The van der Waals surface area contributed by atoms with Gasteiger partial charge in [-0.3, -0.25) is 0 Å². The molecule has 0 bridgehead atoms. The van der Waals surface area contributed by atoms with E-state index in [1.54, 1.807) is 6.92 Å². The second-order valence-electron chi connectivity index (χ2n) is 3.88. The highest BCUT2D eigenvalue weighted by atomic mass is 32.2. The molecule has 0 saturated carbocycles. The van der Waals surface area contributed by atoms with Gasteiger partial charge in [-0.25, -0.2) is 8.42 Å². The van der Waals surface area contributed by atoms with Crippen molar-refractivity contribution in [1.82, 2.24) is 4.31 Å². The second kappa shape index (κ2) is 6.05. The van der Waals surface area contributed by atoms with Crippen LogP contribution < -0.4 is 5.73 Å². The zero-order valence-electron chi connectivity index (χ0n) is 9.70. The Morgan fingerprint density at radius 2 is 2.35 bits per heavy atom. The first kappa shape index (κ1) is 14.8. The van der Waals surface area contributed by atoms with Crippen LogP contribution in [0, 0.1) is 0 Å². The lowest BCUT2D eigenvalue weighted by atomic mass is 10.3. The normalized spacial score (nSPS) is 24.5. The Balaban J connectivity index is 2.85. The van der Waals surface area contributed by atoms with Crippen molar-refractivity contribution in [2.24, 2.45) is 5.73 Å². The van der Waals surface area contributed by atoms with Crippen LogP contribution in [-0.2, 0) is 14.8 Å². The van der Waals surface area contributed by atoms with E-state index >= 15 is 0 Å². The Bertz CT molecular complexity index is 371. The maximum atomic E-state index is 12.2. The average molecular weight is 282 g/mol. The van der Waals surface area contributed by atoms with Crippen LogP contribution in [0.3, 0.4) is 0 Å². The lowest BCUT2D eigenvalue weighted by molar-refractivity contribution is -0.0305. The van der Waals surface area contributed by atoms with Gasteiger partial charge in [-0.1, -0.05) is 19.1 Å². The molecule has 0 aliphatic carbocycles. The lowest BCUT2D eigenvalue weighted by Crippen LogP contribution is -2.52. The monoisotopic (exact) mass is 282 g/mol. The number of nitrogens with zero attached hydrogens (tertiary/aromatic N) is 1. The van der Waals surface area contributed by atoms with E-state index in [0.29, 0.717) is 6.42 Å². The van der Waals surface area contributed by atoms with Crippen LogP contribution in [0.1, 0.15) is 13.3 Å². The van der Waals surface area contributed by atoms with Crippen molar-refractivity contribution in [1.29, 1.82) is 0 Å². The molecule has 0 spiro atoms. The highest BCUT2D eigenvalue weighted by Crippen LogP contribution is 2.16. The fourth-order valence-corrected chi connectivity index (χ4v) is 4.08. The molecule has 0 radical (unpaired) electrons. The summed E-state index contributed by atoms with van der Waals surface area (Å²) in [7, 11) is -3.54. The van der Waals surface area contributed by atoms with Crippen molar-refractivity contribution < 1.29 is 18.3 Å². The number of thiocarbonyl (C=S) groups is 1. The van der Waals surface area contributed by atoms with Gasteiger partial charge in [0.25, 0.3) is 0 Å². The first-order valence-corrected chi connectivity index (χ1v) is 7.35. The molecule has 1 rings (SSSR count). The zero-order chi connectivity index (χ0) is 13.1. The Kier molecular flexibility index (Phi) is 5.26. The first-order valence-electron chi connectivity index (χ1n) is 5.44. The van der Waals surface area contributed by atoms with E-state index in [4.69, 9.17) is 27.8 Å². The fourth-order valence-electron chi connectivity index (χ4n) is 1.77. The molecule has 1 aliphatic rings. The number of rotatable bonds is 5. The van der Waals surface area contributed by atoms with Gasteiger partial charge >= 0.3 is 0 Å². The summed E-state index contributed by atoms with van der Waals surface area (Å²) in [6.07, 6.45) is -0.124. The first-order chi connectivity index (χ1) is 7.93. The van der Waals surface area contributed by atoms with Crippen molar-refractivity contribution in [3.05, 3.63) is 0 Å². The molecular weight excluding hydrogens is 264 g/mol. The Morgan fingerprint density at radius 3 is 2.82 bits per heavy atom. The van der Waals surface area contributed by atoms with Gasteiger partial charge < -0.3 is 15.6 Å². The molecule has 3 N–H and O–H groups in total. The molecule has 8 heteroatoms. The number of morpholine rings is 1. The molecule has 1 saturated heterocycles. The number of sulfonamides is 1. The third-order valence-electron chi connectivity index (χ3n) is 2.71. The molecule has 1 heterocycles. The van der Waals surface area contributed by atoms with Gasteiger partial charge in [0.15, 0.2) is 0 Å². The topological polar surface area (TPSA) is 92.9 Å². The molecule has 6 nitrogen and oxygen atoms in total. The molecule has 0 aromatic rings. The number of nitrogens with two attached hydrogens (primary N) is 1. The van der Waals surface area contributed by atoms with Crippen molar-refractivity contribution in [2.45, 2.75) is 24.7 Å². The average Bonchev–Trinajstić information content (AvgIpc) is 2.29. The summed E-state index contributed by atoms with van der Waals surface area (Å²) in [5.41, 5.74) is 5.45. The van der Waals surface area contributed by atoms with Crippen LogP contribution in [0.5, 0.6) is 0 Å². The van der Waals surface area contributed by atoms with Gasteiger partial charge in [-0.15, -0.1) is 0 Å². The smallest absolute Gasteiger partial charge is 0.223 e. The summed E-state index contributed by atoms with van der Waals surface area (Å²) in [4.78, 5) is -0.0143. The molecule has 0 aromatic carbocycles. The molecule has 0 amide bonds. The third-order valence-corrected chi connectivity index (χ3v) is 5.50. The van der Waals surface area contributed by atoms with Crippen LogP contribution in [0.15, 0.2) is 0 Å². The van der Waals surface area contributed by atoms with Gasteiger partial charge in [0.05, 0.1) is 24.3 Å². The minimum Gasteiger partial charge on any atom is -0.394 e. The maximum Gasteiger partial charge on any atom is 0.223 e. The van der Waals surface area contributed by atoms with Gasteiger partial charge in [-0.05, 0) is 6.42 Å². The summed E-state index contributed by atoms with van der Waals surface area (Å²) in [6.45, 7) is 2.23. The van der Waals surface area contributed by atoms with Gasteiger partial charge in [-0.2, -0.15) is 4.31 Å². The number of aliphatic hydroxyl groups is 1. The summed E-state index contributed by atoms with van der Waals surface area (Å²) in [5.74, 6) is 0. The predicted molar refractivity (Wildman–Crippen MR) is 68.2 cm³/mol. The molecule has 2 atom stereocenters. The van der Waals surface area contributed by atoms with Crippen molar-refractivity contribution >= 4 is 27.2 Å². The van der Waals surface area contributed by atoms with E-state index < -0.39 is 21.4 Å². The van der Waals surface area contributed by atoms with Crippen LogP contribution in [0.4, 0.5) is 0 Å². The summed E-state index contributed by atoms with van der Waals surface area (Å²) in [5, 5.41) is 8.14. The Hall–Kier alpha value is -0.280. The quantitative estimate of drug-likeness (QED) is 0.633. The van der Waals surface area contributed by atoms with Gasteiger partial charge in [0, 0.05) is 13.1 Å². The highest BCUT2D eigenvalue weighted by Gasteiger charge is 2.36. The maximum absolute atomic E-state index is 12.2. The van der Waals surface area contributed by atoms with Crippen molar-refractivity contribution in [2.75, 3.05) is 26.3 Å². The van der Waals surface area contributed by atoms with Crippen molar-refractivity contribution in [3.63, 3.8) is 0 Å². The molecule has 0 aromatic heterocycles.